The molecule has 2 saturated heterocycles. The van der Waals surface area contributed by atoms with Crippen LogP contribution in [0.1, 0.15) is 25.7 Å². The van der Waals surface area contributed by atoms with E-state index in [9.17, 15) is 9.59 Å². The fraction of sp³-hybridized carbons (Fsp3) is 0.800. The molecule has 0 radical (unpaired) electrons. The third-order valence-corrected chi connectivity index (χ3v) is 3.29. The number of hydrogen-bond acceptors (Lipinski definition) is 4. The predicted molar refractivity (Wildman–Crippen MR) is 55.0 cm³/mol. The third kappa shape index (κ3) is 2.03. The van der Waals surface area contributed by atoms with Gasteiger partial charge in [0.1, 0.15) is 0 Å². The Hall–Kier alpha value is -0.940. The van der Waals surface area contributed by atoms with Gasteiger partial charge in [0.2, 0.25) is 11.8 Å². The van der Waals surface area contributed by atoms with E-state index >= 15 is 0 Å². The molecule has 2 aliphatic rings. The summed E-state index contributed by atoms with van der Waals surface area (Å²) in [7, 11) is 0. The van der Waals surface area contributed by atoms with E-state index in [0.29, 0.717) is 13.0 Å². The number of likely N-dealkylation sites (tertiary alicyclic amines) is 1. The van der Waals surface area contributed by atoms with Crippen LogP contribution in [0, 0.1) is 0 Å². The van der Waals surface area contributed by atoms with Gasteiger partial charge in [-0.2, -0.15) is 0 Å². The molecule has 84 valence electrons. The summed E-state index contributed by atoms with van der Waals surface area (Å²) < 4.78 is 0. The summed E-state index contributed by atoms with van der Waals surface area (Å²) in [5, 5.41) is 2.35. The van der Waals surface area contributed by atoms with Crippen LogP contribution in [-0.2, 0) is 9.59 Å². The molecule has 0 aromatic carbocycles. The van der Waals surface area contributed by atoms with Gasteiger partial charge in [-0.15, -0.1) is 0 Å². The Kier molecular flexibility index (Phi) is 3.02. The highest BCUT2D eigenvalue weighted by atomic mass is 16.2. The van der Waals surface area contributed by atoms with Gasteiger partial charge in [-0.05, 0) is 19.4 Å². The van der Waals surface area contributed by atoms with E-state index in [0.717, 1.165) is 19.4 Å². The number of nitrogens with zero attached hydrogens (tertiary/aromatic N) is 1. The van der Waals surface area contributed by atoms with Crippen LogP contribution in [0.4, 0.5) is 0 Å². The molecule has 2 aliphatic heterocycles. The quantitative estimate of drug-likeness (QED) is 0.587. The summed E-state index contributed by atoms with van der Waals surface area (Å²) in [5.74, 6) is -0.313. The van der Waals surface area contributed by atoms with Crippen LogP contribution in [0.2, 0.25) is 0 Å². The van der Waals surface area contributed by atoms with Crippen molar-refractivity contribution in [1.29, 1.82) is 0 Å². The number of piperidine rings is 1. The number of carbonyl (C=O) groups excluding carboxylic acids is 2. The van der Waals surface area contributed by atoms with Crippen molar-refractivity contribution < 1.29 is 9.59 Å². The largest absolute Gasteiger partial charge is 0.329 e. The lowest BCUT2D eigenvalue weighted by Crippen LogP contribution is -2.51. The zero-order valence-electron chi connectivity index (χ0n) is 8.74. The molecule has 2 unspecified atom stereocenters. The van der Waals surface area contributed by atoms with Crippen molar-refractivity contribution in [2.45, 2.75) is 37.8 Å². The summed E-state index contributed by atoms with van der Waals surface area (Å²) >= 11 is 0. The first-order valence-electron chi connectivity index (χ1n) is 5.52. The molecule has 2 rings (SSSR count). The van der Waals surface area contributed by atoms with Gasteiger partial charge in [0.15, 0.2) is 0 Å². The first kappa shape index (κ1) is 10.6. The second-order valence-electron chi connectivity index (χ2n) is 4.26. The molecule has 0 aromatic heterocycles. The van der Waals surface area contributed by atoms with Crippen LogP contribution in [0.3, 0.4) is 0 Å². The Morgan fingerprint density at radius 2 is 2.20 bits per heavy atom. The molecule has 0 spiro atoms. The number of amides is 2. The first-order valence-corrected chi connectivity index (χ1v) is 5.52. The lowest BCUT2D eigenvalue weighted by atomic mass is 9.99. The summed E-state index contributed by atoms with van der Waals surface area (Å²) in [4.78, 5) is 24.7. The predicted octanol–water partition coefficient (Wildman–Crippen LogP) is -0.785. The minimum Gasteiger partial charge on any atom is -0.329 e. The molecule has 5 heteroatoms. The molecule has 15 heavy (non-hydrogen) atoms. The zero-order valence-corrected chi connectivity index (χ0v) is 8.74. The van der Waals surface area contributed by atoms with Crippen molar-refractivity contribution in [2.24, 2.45) is 5.73 Å². The zero-order chi connectivity index (χ0) is 10.8. The van der Waals surface area contributed by atoms with Gasteiger partial charge in [-0.3, -0.25) is 19.8 Å². The maximum absolute atomic E-state index is 11.5. The van der Waals surface area contributed by atoms with Crippen LogP contribution in [0.5, 0.6) is 0 Å². The number of imide groups is 1. The number of carbonyl (C=O) groups is 2. The highest BCUT2D eigenvalue weighted by molar-refractivity contribution is 6.05. The highest BCUT2D eigenvalue weighted by Crippen LogP contribution is 2.22. The number of nitrogens with two attached hydrogens (primary N) is 1. The van der Waals surface area contributed by atoms with Crippen molar-refractivity contribution >= 4 is 11.8 Å². The summed E-state index contributed by atoms with van der Waals surface area (Å²) in [6.45, 7) is 1.45. The molecule has 0 aromatic rings. The Morgan fingerprint density at radius 1 is 1.40 bits per heavy atom. The molecule has 3 N–H and O–H groups in total. The number of hydrogen-bond donors (Lipinski definition) is 2. The normalized spacial score (nSPS) is 33.1. The Balaban J connectivity index is 2.07. The van der Waals surface area contributed by atoms with Gasteiger partial charge in [0.25, 0.3) is 0 Å². The van der Waals surface area contributed by atoms with Crippen LogP contribution in [-0.4, -0.2) is 41.9 Å². The van der Waals surface area contributed by atoms with E-state index in [1.807, 2.05) is 0 Å². The monoisotopic (exact) mass is 211 g/mol. The van der Waals surface area contributed by atoms with E-state index in [-0.39, 0.29) is 23.9 Å². The second-order valence-corrected chi connectivity index (χ2v) is 4.26. The molecule has 0 saturated carbocycles. The molecule has 5 nitrogen and oxygen atoms in total. The van der Waals surface area contributed by atoms with E-state index in [1.165, 1.54) is 6.42 Å². The van der Waals surface area contributed by atoms with Crippen LogP contribution >= 0.6 is 0 Å². The van der Waals surface area contributed by atoms with Crippen molar-refractivity contribution in [3.63, 3.8) is 0 Å². The molecule has 2 fully saturated rings. The van der Waals surface area contributed by atoms with Crippen LogP contribution in [0.15, 0.2) is 0 Å². The lowest BCUT2D eigenvalue weighted by molar-refractivity contribution is -0.126. The topological polar surface area (TPSA) is 75.4 Å². The summed E-state index contributed by atoms with van der Waals surface area (Å²) in [5.41, 5.74) is 5.68. The van der Waals surface area contributed by atoms with E-state index < -0.39 is 0 Å². The van der Waals surface area contributed by atoms with E-state index in [2.05, 4.69) is 10.2 Å². The minimum absolute atomic E-state index is 0.152. The van der Waals surface area contributed by atoms with Crippen LogP contribution < -0.4 is 11.1 Å². The van der Waals surface area contributed by atoms with Crippen molar-refractivity contribution in [2.75, 3.05) is 13.1 Å². The Morgan fingerprint density at radius 3 is 2.80 bits per heavy atom. The lowest BCUT2D eigenvalue weighted by Gasteiger charge is -2.37. The van der Waals surface area contributed by atoms with Crippen molar-refractivity contribution in [1.82, 2.24) is 10.2 Å². The molecular formula is C10H17N3O2. The molecule has 2 atom stereocenters. The molecule has 0 bridgehead atoms. The van der Waals surface area contributed by atoms with Gasteiger partial charge < -0.3 is 5.73 Å². The highest BCUT2D eigenvalue weighted by Gasteiger charge is 2.38. The van der Waals surface area contributed by atoms with Gasteiger partial charge in [-0.25, -0.2) is 0 Å². The van der Waals surface area contributed by atoms with E-state index in [1.54, 1.807) is 0 Å². The van der Waals surface area contributed by atoms with Gasteiger partial charge in [0, 0.05) is 12.6 Å². The Bertz CT molecular complexity index is 280. The summed E-state index contributed by atoms with van der Waals surface area (Å²) in [6.07, 6.45) is 3.60. The fourth-order valence-electron chi connectivity index (χ4n) is 2.49. The number of nitrogens with one attached hydrogen (secondary N) is 1. The van der Waals surface area contributed by atoms with Gasteiger partial charge >= 0.3 is 0 Å². The summed E-state index contributed by atoms with van der Waals surface area (Å²) in [6, 6.07) is -0.00764. The average Bonchev–Trinajstić information content (AvgIpc) is 2.57. The van der Waals surface area contributed by atoms with Crippen LogP contribution in [0.25, 0.3) is 0 Å². The van der Waals surface area contributed by atoms with E-state index in [4.69, 9.17) is 5.73 Å². The standard InChI is InChI=1S/C10H17N3O2/c11-6-7-3-1-2-4-13(7)8-5-9(14)12-10(8)15/h7-8H,1-6,11H2,(H,12,14,15). The molecule has 2 heterocycles. The first-order chi connectivity index (χ1) is 7.22. The molecular weight excluding hydrogens is 194 g/mol. The van der Waals surface area contributed by atoms with Crippen molar-refractivity contribution in [3.8, 4) is 0 Å². The molecule has 2 amide bonds. The molecule has 0 aliphatic carbocycles. The Labute approximate surface area is 89.0 Å². The third-order valence-electron chi connectivity index (χ3n) is 3.29. The fourth-order valence-corrected chi connectivity index (χ4v) is 2.49. The maximum Gasteiger partial charge on any atom is 0.244 e. The SMILES string of the molecule is NCC1CCCCN1C1CC(=O)NC1=O. The van der Waals surface area contributed by atoms with Gasteiger partial charge in [-0.1, -0.05) is 6.42 Å². The van der Waals surface area contributed by atoms with Gasteiger partial charge in [0.05, 0.1) is 12.5 Å². The second kappa shape index (κ2) is 4.28. The smallest absolute Gasteiger partial charge is 0.244 e. The average molecular weight is 211 g/mol. The maximum atomic E-state index is 11.5. The minimum atomic E-state index is -0.272. The van der Waals surface area contributed by atoms with Crippen molar-refractivity contribution in [3.05, 3.63) is 0 Å². The number of rotatable bonds is 2.